The molecule has 0 aromatic heterocycles. The Kier molecular flexibility index (Phi) is 8.78. The Hall–Kier alpha value is 0.126. The molecule has 70 valence electrons. The van der Waals surface area contributed by atoms with Gasteiger partial charge in [0.15, 0.2) is 0 Å². The van der Waals surface area contributed by atoms with E-state index in [1.807, 2.05) is 0 Å². The predicted octanol–water partition coefficient (Wildman–Crippen LogP) is 0.194. The minimum Gasteiger partial charge on any atom is -0.358 e. The summed E-state index contributed by atoms with van der Waals surface area (Å²) in [6.07, 6.45) is 1.18. The summed E-state index contributed by atoms with van der Waals surface area (Å²) < 4.78 is 25.7. The van der Waals surface area contributed by atoms with Crippen molar-refractivity contribution in [1.82, 2.24) is 0 Å². The van der Waals surface area contributed by atoms with E-state index in [0.717, 1.165) is 6.07 Å². The van der Waals surface area contributed by atoms with Crippen molar-refractivity contribution in [3.05, 3.63) is 43.3 Å². The molecular formula is C10H9F2KN-. The van der Waals surface area contributed by atoms with E-state index in [1.54, 1.807) is 0 Å². The van der Waals surface area contributed by atoms with Gasteiger partial charge in [-0.1, -0.05) is 5.56 Å². The normalized spacial score (nSPS) is 8.14. The zero-order valence-electron chi connectivity index (χ0n) is 8.27. The summed E-state index contributed by atoms with van der Waals surface area (Å²) in [6, 6.07) is 2.97. The van der Waals surface area contributed by atoms with Gasteiger partial charge < -0.3 is 7.43 Å². The Balaban J connectivity index is 0. The number of hydrogen-bond acceptors (Lipinski definition) is 1. The maximum atomic E-state index is 12.8. The standard InChI is InChI=1S/C9H6F2N.CH3.K/c1-3-6-7(10)4-5-8(11)9(6)12-2;;/h3,5H,1-2H2;1H3;/q2*-1;+1. The summed E-state index contributed by atoms with van der Waals surface area (Å²) in [5.41, 5.74) is -0.133. The molecule has 1 aromatic carbocycles. The molecule has 1 aromatic rings. The molecule has 0 bridgehead atoms. The van der Waals surface area contributed by atoms with Gasteiger partial charge in [-0.25, -0.2) is 4.39 Å². The third-order valence-electron chi connectivity index (χ3n) is 1.41. The SMILES string of the molecule is C=Cc1c(F)[c-]cc(F)c1N=C.[CH3-].[K+]. The van der Waals surface area contributed by atoms with Crippen molar-refractivity contribution in [2.75, 3.05) is 0 Å². The van der Waals surface area contributed by atoms with E-state index < -0.39 is 11.6 Å². The maximum absolute atomic E-state index is 12.8. The van der Waals surface area contributed by atoms with E-state index in [1.165, 1.54) is 6.08 Å². The summed E-state index contributed by atoms with van der Waals surface area (Å²) >= 11 is 0. The fourth-order valence-electron chi connectivity index (χ4n) is 0.852. The van der Waals surface area contributed by atoms with Crippen molar-refractivity contribution in [3.8, 4) is 0 Å². The van der Waals surface area contributed by atoms with Gasteiger partial charge in [-0.3, -0.25) is 9.38 Å². The van der Waals surface area contributed by atoms with Gasteiger partial charge in [-0.2, -0.15) is 0 Å². The quantitative estimate of drug-likeness (QED) is 0.383. The molecule has 1 rings (SSSR count). The van der Waals surface area contributed by atoms with Gasteiger partial charge in [-0.05, 0) is 12.4 Å². The van der Waals surface area contributed by atoms with Crippen LogP contribution in [0.5, 0.6) is 0 Å². The maximum Gasteiger partial charge on any atom is 1.00 e. The average Bonchev–Trinajstić information content (AvgIpc) is 2.08. The molecule has 0 saturated carbocycles. The summed E-state index contributed by atoms with van der Waals surface area (Å²) in [7, 11) is 0. The van der Waals surface area contributed by atoms with Gasteiger partial charge in [0, 0.05) is 11.6 Å². The first kappa shape index (κ1) is 16.6. The van der Waals surface area contributed by atoms with Crippen molar-refractivity contribution < 1.29 is 60.2 Å². The van der Waals surface area contributed by atoms with E-state index in [-0.39, 0.29) is 70.1 Å². The predicted molar refractivity (Wildman–Crippen MR) is 50.9 cm³/mol. The van der Waals surface area contributed by atoms with Crippen LogP contribution in [0, 0.1) is 25.1 Å². The number of hydrogen-bond donors (Lipinski definition) is 0. The molecule has 0 radical (unpaired) electrons. The molecule has 14 heavy (non-hydrogen) atoms. The van der Waals surface area contributed by atoms with Crippen LogP contribution in [0.15, 0.2) is 17.6 Å². The van der Waals surface area contributed by atoms with E-state index in [0.29, 0.717) is 0 Å². The van der Waals surface area contributed by atoms with Crippen LogP contribution >= 0.6 is 0 Å². The molecular weight excluding hydrogens is 211 g/mol. The van der Waals surface area contributed by atoms with Crippen LogP contribution in [0.25, 0.3) is 6.08 Å². The third kappa shape index (κ3) is 3.36. The molecule has 0 N–H and O–H groups in total. The Morgan fingerprint density at radius 2 is 2.00 bits per heavy atom. The fourth-order valence-corrected chi connectivity index (χ4v) is 0.852. The molecule has 0 aliphatic carbocycles. The number of halogens is 2. The van der Waals surface area contributed by atoms with Crippen molar-refractivity contribution >= 4 is 18.5 Å². The van der Waals surface area contributed by atoms with Gasteiger partial charge in [0.1, 0.15) is 0 Å². The molecule has 0 spiro atoms. The number of aliphatic imine (C=N–C) groups is 1. The van der Waals surface area contributed by atoms with Crippen LogP contribution in [-0.2, 0) is 0 Å². The second-order valence-corrected chi connectivity index (χ2v) is 2.08. The van der Waals surface area contributed by atoms with Crippen molar-refractivity contribution in [1.29, 1.82) is 0 Å². The molecule has 0 amide bonds. The summed E-state index contributed by atoms with van der Waals surface area (Å²) in [5.74, 6) is -1.32. The second kappa shape index (κ2) is 7.42. The van der Waals surface area contributed by atoms with Gasteiger partial charge in [0.2, 0.25) is 0 Å². The largest absolute Gasteiger partial charge is 1.00 e. The van der Waals surface area contributed by atoms with Crippen LogP contribution in [0.4, 0.5) is 14.5 Å². The Morgan fingerprint density at radius 1 is 1.43 bits per heavy atom. The molecule has 0 aliphatic heterocycles. The van der Waals surface area contributed by atoms with Crippen LogP contribution < -0.4 is 51.4 Å². The van der Waals surface area contributed by atoms with Crippen LogP contribution in [-0.4, -0.2) is 6.72 Å². The monoisotopic (exact) mass is 220 g/mol. The molecule has 1 nitrogen and oxygen atoms in total. The van der Waals surface area contributed by atoms with E-state index in [9.17, 15) is 8.78 Å². The first-order chi connectivity index (χ1) is 5.70. The Labute approximate surface area is 125 Å². The molecule has 0 atom stereocenters. The molecule has 0 saturated heterocycles. The zero-order valence-corrected chi connectivity index (χ0v) is 11.4. The van der Waals surface area contributed by atoms with Crippen molar-refractivity contribution in [2.45, 2.75) is 0 Å². The first-order valence-corrected chi connectivity index (χ1v) is 3.19. The zero-order chi connectivity index (χ0) is 9.14. The smallest absolute Gasteiger partial charge is 0.358 e. The molecule has 0 heterocycles. The van der Waals surface area contributed by atoms with Crippen molar-refractivity contribution in [2.24, 2.45) is 4.99 Å². The number of rotatable bonds is 2. The van der Waals surface area contributed by atoms with Gasteiger partial charge in [-0.15, -0.1) is 24.8 Å². The van der Waals surface area contributed by atoms with Gasteiger partial charge in [0.25, 0.3) is 0 Å². The van der Waals surface area contributed by atoms with Gasteiger partial charge in [0.05, 0.1) is 0 Å². The van der Waals surface area contributed by atoms with E-state index >= 15 is 0 Å². The summed E-state index contributed by atoms with van der Waals surface area (Å²) in [6.45, 7) is 6.45. The molecule has 0 aliphatic rings. The molecule has 4 heteroatoms. The topological polar surface area (TPSA) is 12.4 Å². The fraction of sp³-hybridized carbons (Fsp3) is 0. The number of benzene rings is 1. The van der Waals surface area contributed by atoms with Crippen LogP contribution in [0.3, 0.4) is 0 Å². The third-order valence-corrected chi connectivity index (χ3v) is 1.41. The Morgan fingerprint density at radius 3 is 2.36 bits per heavy atom. The minimum atomic E-state index is -0.672. The van der Waals surface area contributed by atoms with Crippen LogP contribution in [0.1, 0.15) is 5.56 Å². The molecule has 0 fully saturated rings. The van der Waals surface area contributed by atoms with E-state index in [2.05, 4.69) is 24.4 Å². The van der Waals surface area contributed by atoms with Gasteiger partial charge >= 0.3 is 51.4 Å². The second-order valence-electron chi connectivity index (χ2n) is 2.08. The van der Waals surface area contributed by atoms with E-state index in [4.69, 9.17) is 0 Å². The Bertz CT molecular complexity index is 304. The average molecular weight is 220 g/mol. The van der Waals surface area contributed by atoms with Crippen LogP contribution in [0.2, 0.25) is 0 Å². The van der Waals surface area contributed by atoms with Crippen molar-refractivity contribution in [3.63, 3.8) is 0 Å². The first-order valence-electron chi connectivity index (χ1n) is 3.19. The summed E-state index contributed by atoms with van der Waals surface area (Å²) in [5, 5.41) is 0. The summed E-state index contributed by atoms with van der Waals surface area (Å²) in [4.78, 5) is 3.35. The molecule has 0 unspecified atom stereocenters. The minimum absolute atomic E-state index is 0. The number of nitrogens with zero attached hydrogens (tertiary/aromatic N) is 1.